The smallest absolute Gasteiger partial charge is 0.317 e. The molecule has 1 saturated heterocycles. The number of piperidine rings is 1. The molecular formula is C18H20N4O3. The van der Waals surface area contributed by atoms with Crippen molar-refractivity contribution in [2.75, 3.05) is 13.1 Å². The van der Waals surface area contributed by atoms with E-state index < -0.39 is 11.9 Å². The van der Waals surface area contributed by atoms with Gasteiger partial charge in [-0.15, -0.1) is 0 Å². The molecule has 0 bridgehead atoms. The molecule has 2 heterocycles. The van der Waals surface area contributed by atoms with Crippen LogP contribution in [-0.2, 0) is 11.3 Å². The van der Waals surface area contributed by atoms with Crippen LogP contribution in [0.2, 0.25) is 0 Å². The summed E-state index contributed by atoms with van der Waals surface area (Å²) in [7, 11) is 0. The molecule has 130 valence electrons. The fourth-order valence-corrected chi connectivity index (χ4v) is 2.86. The van der Waals surface area contributed by atoms with Gasteiger partial charge < -0.3 is 15.3 Å². The second-order valence-electron chi connectivity index (χ2n) is 6.04. The fraction of sp³-hybridized carbons (Fsp3) is 0.333. The Kier molecular flexibility index (Phi) is 5.23. The molecule has 2 amide bonds. The van der Waals surface area contributed by atoms with Gasteiger partial charge in [0, 0.05) is 31.0 Å². The van der Waals surface area contributed by atoms with Crippen LogP contribution >= 0.6 is 0 Å². The normalized spacial score (nSPS) is 17.1. The van der Waals surface area contributed by atoms with Gasteiger partial charge in [0.2, 0.25) is 0 Å². The van der Waals surface area contributed by atoms with Crippen molar-refractivity contribution in [2.24, 2.45) is 5.92 Å². The predicted molar refractivity (Wildman–Crippen MR) is 91.6 cm³/mol. The second kappa shape index (κ2) is 7.74. The molecule has 1 fully saturated rings. The molecule has 1 unspecified atom stereocenters. The lowest BCUT2D eigenvalue weighted by atomic mass is 9.99. The van der Waals surface area contributed by atoms with Gasteiger partial charge in [0.1, 0.15) is 5.82 Å². The van der Waals surface area contributed by atoms with Crippen LogP contribution in [0.4, 0.5) is 4.79 Å². The van der Waals surface area contributed by atoms with Crippen molar-refractivity contribution in [1.82, 2.24) is 20.2 Å². The number of amides is 2. The van der Waals surface area contributed by atoms with E-state index >= 15 is 0 Å². The monoisotopic (exact) mass is 340 g/mol. The van der Waals surface area contributed by atoms with E-state index in [0.717, 1.165) is 11.1 Å². The molecule has 1 atom stereocenters. The SMILES string of the molecule is O=C(O)C1CCCN(C(=O)NCc2ncc(-c3ccccc3)cn2)C1. The van der Waals surface area contributed by atoms with Crippen molar-refractivity contribution in [2.45, 2.75) is 19.4 Å². The number of carbonyl (C=O) groups excluding carboxylic acids is 1. The molecule has 0 radical (unpaired) electrons. The number of hydrogen-bond acceptors (Lipinski definition) is 4. The van der Waals surface area contributed by atoms with E-state index in [-0.39, 0.29) is 19.1 Å². The Morgan fingerprint density at radius 1 is 1.16 bits per heavy atom. The molecular weight excluding hydrogens is 320 g/mol. The summed E-state index contributed by atoms with van der Waals surface area (Å²) in [6.07, 6.45) is 4.77. The largest absolute Gasteiger partial charge is 0.481 e. The minimum atomic E-state index is -0.850. The highest BCUT2D eigenvalue weighted by Crippen LogP contribution is 2.17. The molecule has 1 aliphatic heterocycles. The van der Waals surface area contributed by atoms with E-state index in [1.165, 1.54) is 0 Å². The first-order valence-electron chi connectivity index (χ1n) is 8.25. The summed E-state index contributed by atoms with van der Waals surface area (Å²) in [5.74, 6) is -0.821. The van der Waals surface area contributed by atoms with Gasteiger partial charge in [0.15, 0.2) is 0 Å². The van der Waals surface area contributed by atoms with E-state index in [1.54, 1.807) is 17.3 Å². The Balaban J connectivity index is 1.54. The van der Waals surface area contributed by atoms with Crippen molar-refractivity contribution in [3.63, 3.8) is 0 Å². The Morgan fingerprint density at radius 2 is 1.88 bits per heavy atom. The summed E-state index contributed by atoms with van der Waals surface area (Å²) < 4.78 is 0. The number of benzene rings is 1. The van der Waals surface area contributed by atoms with Gasteiger partial charge in [-0.05, 0) is 18.4 Å². The quantitative estimate of drug-likeness (QED) is 0.889. The molecule has 0 spiro atoms. The molecule has 1 aromatic carbocycles. The van der Waals surface area contributed by atoms with Crippen molar-refractivity contribution < 1.29 is 14.7 Å². The molecule has 0 saturated carbocycles. The number of nitrogens with zero attached hydrogens (tertiary/aromatic N) is 3. The van der Waals surface area contributed by atoms with E-state index in [9.17, 15) is 9.59 Å². The van der Waals surface area contributed by atoms with Crippen LogP contribution in [0.25, 0.3) is 11.1 Å². The van der Waals surface area contributed by atoms with E-state index in [4.69, 9.17) is 5.11 Å². The van der Waals surface area contributed by atoms with E-state index in [0.29, 0.717) is 25.2 Å². The summed E-state index contributed by atoms with van der Waals surface area (Å²) in [6, 6.07) is 9.54. The summed E-state index contributed by atoms with van der Waals surface area (Å²) in [6.45, 7) is 1.03. The third-order valence-corrected chi connectivity index (χ3v) is 4.27. The van der Waals surface area contributed by atoms with Crippen LogP contribution < -0.4 is 5.32 Å². The number of likely N-dealkylation sites (tertiary alicyclic amines) is 1. The highest BCUT2D eigenvalue weighted by molar-refractivity contribution is 5.76. The first-order chi connectivity index (χ1) is 12.1. The Labute approximate surface area is 145 Å². The van der Waals surface area contributed by atoms with Crippen LogP contribution in [0.1, 0.15) is 18.7 Å². The first kappa shape index (κ1) is 16.9. The molecule has 7 nitrogen and oxygen atoms in total. The second-order valence-corrected chi connectivity index (χ2v) is 6.04. The number of nitrogens with one attached hydrogen (secondary N) is 1. The minimum absolute atomic E-state index is 0.210. The third-order valence-electron chi connectivity index (χ3n) is 4.27. The van der Waals surface area contributed by atoms with Crippen LogP contribution in [0.3, 0.4) is 0 Å². The predicted octanol–water partition coefficient (Wildman–Crippen LogP) is 2.15. The maximum Gasteiger partial charge on any atom is 0.317 e. The summed E-state index contributed by atoms with van der Waals surface area (Å²) >= 11 is 0. The number of carboxylic acid groups (broad SMARTS) is 1. The molecule has 1 aliphatic rings. The molecule has 7 heteroatoms. The van der Waals surface area contributed by atoms with E-state index in [2.05, 4.69) is 15.3 Å². The zero-order chi connectivity index (χ0) is 17.6. The lowest BCUT2D eigenvalue weighted by Crippen LogP contribution is -2.46. The van der Waals surface area contributed by atoms with Crippen LogP contribution in [0.15, 0.2) is 42.7 Å². The maximum absolute atomic E-state index is 12.2. The van der Waals surface area contributed by atoms with Crippen molar-refractivity contribution in [3.05, 3.63) is 48.5 Å². The number of aliphatic carboxylic acids is 1. The average Bonchev–Trinajstić information content (AvgIpc) is 2.67. The zero-order valence-corrected chi connectivity index (χ0v) is 13.8. The number of carboxylic acids is 1. The molecule has 0 aliphatic carbocycles. The van der Waals surface area contributed by atoms with Crippen molar-refractivity contribution >= 4 is 12.0 Å². The van der Waals surface area contributed by atoms with E-state index in [1.807, 2.05) is 30.3 Å². The third kappa shape index (κ3) is 4.32. The van der Waals surface area contributed by atoms with Crippen LogP contribution in [-0.4, -0.2) is 45.1 Å². The van der Waals surface area contributed by atoms with Crippen LogP contribution in [0.5, 0.6) is 0 Å². The molecule has 3 rings (SSSR count). The summed E-state index contributed by atoms with van der Waals surface area (Å²) in [4.78, 5) is 33.4. The number of urea groups is 1. The standard InChI is InChI=1S/C18H20N4O3/c23-17(24)14-7-4-8-22(12-14)18(25)21-11-16-19-9-15(10-20-16)13-5-2-1-3-6-13/h1-3,5-6,9-10,14H,4,7-8,11-12H2,(H,21,25)(H,23,24). The molecule has 25 heavy (non-hydrogen) atoms. The van der Waals surface area contributed by atoms with Gasteiger partial charge in [-0.2, -0.15) is 0 Å². The Bertz CT molecular complexity index is 734. The van der Waals surface area contributed by atoms with Gasteiger partial charge in [0.25, 0.3) is 0 Å². The molecule has 1 aromatic heterocycles. The molecule has 2 aromatic rings. The lowest BCUT2D eigenvalue weighted by Gasteiger charge is -2.30. The summed E-state index contributed by atoms with van der Waals surface area (Å²) in [5.41, 5.74) is 1.95. The fourth-order valence-electron chi connectivity index (χ4n) is 2.86. The van der Waals surface area contributed by atoms with Gasteiger partial charge in [-0.1, -0.05) is 30.3 Å². The maximum atomic E-state index is 12.2. The van der Waals surface area contributed by atoms with Crippen molar-refractivity contribution in [1.29, 1.82) is 0 Å². The minimum Gasteiger partial charge on any atom is -0.481 e. The average molecular weight is 340 g/mol. The van der Waals surface area contributed by atoms with Crippen molar-refractivity contribution in [3.8, 4) is 11.1 Å². The Hall–Kier alpha value is -2.96. The van der Waals surface area contributed by atoms with Gasteiger partial charge in [-0.3, -0.25) is 4.79 Å². The van der Waals surface area contributed by atoms with Gasteiger partial charge in [-0.25, -0.2) is 14.8 Å². The molecule has 2 N–H and O–H groups in total. The topological polar surface area (TPSA) is 95.4 Å². The number of aromatic nitrogens is 2. The highest BCUT2D eigenvalue weighted by Gasteiger charge is 2.27. The first-order valence-corrected chi connectivity index (χ1v) is 8.25. The number of carbonyl (C=O) groups is 2. The van der Waals surface area contributed by atoms with Gasteiger partial charge in [0.05, 0.1) is 12.5 Å². The number of rotatable bonds is 4. The highest BCUT2D eigenvalue weighted by atomic mass is 16.4. The lowest BCUT2D eigenvalue weighted by molar-refractivity contribution is -0.143. The zero-order valence-electron chi connectivity index (χ0n) is 13.8. The number of hydrogen-bond donors (Lipinski definition) is 2. The van der Waals surface area contributed by atoms with Gasteiger partial charge >= 0.3 is 12.0 Å². The Morgan fingerprint density at radius 3 is 2.56 bits per heavy atom. The van der Waals surface area contributed by atoms with Crippen LogP contribution in [0, 0.1) is 5.92 Å². The summed E-state index contributed by atoms with van der Waals surface area (Å²) in [5, 5.41) is 11.8.